The SMILES string of the molecule is CC(C)CCC(C)NC(=O)C(c1ccccc1)c1ccccc1. The maximum absolute atomic E-state index is 12.9. The van der Waals surface area contributed by atoms with Crippen LogP contribution in [0.4, 0.5) is 0 Å². The first-order valence-corrected chi connectivity index (χ1v) is 8.48. The third-order valence-corrected chi connectivity index (χ3v) is 4.09. The molecule has 0 heterocycles. The van der Waals surface area contributed by atoms with Crippen molar-refractivity contribution in [1.82, 2.24) is 5.32 Å². The molecule has 0 aliphatic rings. The van der Waals surface area contributed by atoms with Gasteiger partial charge in [0, 0.05) is 6.04 Å². The van der Waals surface area contributed by atoms with Crippen LogP contribution in [0.2, 0.25) is 0 Å². The highest BCUT2D eigenvalue weighted by Crippen LogP contribution is 2.25. The van der Waals surface area contributed by atoms with Crippen molar-refractivity contribution in [3.05, 3.63) is 71.8 Å². The van der Waals surface area contributed by atoms with Gasteiger partial charge in [0.2, 0.25) is 5.91 Å². The molecule has 2 aromatic carbocycles. The Morgan fingerprint density at radius 2 is 1.30 bits per heavy atom. The number of amides is 1. The van der Waals surface area contributed by atoms with Crippen LogP contribution in [0, 0.1) is 5.92 Å². The average molecular weight is 309 g/mol. The van der Waals surface area contributed by atoms with E-state index in [9.17, 15) is 4.79 Å². The van der Waals surface area contributed by atoms with Gasteiger partial charge in [-0.05, 0) is 36.8 Å². The lowest BCUT2D eigenvalue weighted by atomic mass is 9.90. The zero-order valence-corrected chi connectivity index (χ0v) is 14.3. The zero-order valence-electron chi connectivity index (χ0n) is 14.3. The van der Waals surface area contributed by atoms with Crippen molar-refractivity contribution >= 4 is 5.91 Å². The van der Waals surface area contributed by atoms with Gasteiger partial charge in [0.15, 0.2) is 0 Å². The van der Waals surface area contributed by atoms with Gasteiger partial charge >= 0.3 is 0 Å². The molecule has 2 nitrogen and oxygen atoms in total. The monoisotopic (exact) mass is 309 g/mol. The molecule has 0 bridgehead atoms. The molecule has 1 atom stereocenters. The van der Waals surface area contributed by atoms with E-state index in [4.69, 9.17) is 0 Å². The number of nitrogens with one attached hydrogen (secondary N) is 1. The van der Waals surface area contributed by atoms with Gasteiger partial charge in [-0.3, -0.25) is 4.79 Å². The second-order valence-corrected chi connectivity index (χ2v) is 6.64. The van der Waals surface area contributed by atoms with Crippen LogP contribution in [0.1, 0.15) is 50.7 Å². The molecule has 0 radical (unpaired) electrons. The van der Waals surface area contributed by atoms with Gasteiger partial charge in [0.25, 0.3) is 0 Å². The zero-order chi connectivity index (χ0) is 16.7. The van der Waals surface area contributed by atoms with Crippen LogP contribution in [0.3, 0.4) is 0 Å². The van der Waals surface area contributed by atoms with Crippen molar-refractivity contribution in [3.63, 3.8) is 0 Å². The molecule has 0 saturated heterocycles. The van der Waals surface area contributed by atoms with Gasteiger partial charge < -0.3 is 5.32 Å². The fourth-order valence-electron chi connectivity index (χ4n) is 2.77. The molecular weight excluding hydrogens is 282 g/mol. The van der Waals surface area contributed by atoms with Crippen LogP contribution in [0.15, 0.2) is 60.7 Å². The normalized spacial score (nSPS) is 12.4. The van der Waals surface area contributed by atoms with Crippen molar-refractivity contribution < 1.29 is 4.79 Å². The van der Waals surface area contributed by atoms with Gasteiger partial charge in [0.05, 0.1) is 5.92 Å². The third kappa shape index (κ3) is 5.24. The minimum absolute atomic E-state index is 0.0821. The molecule has 1 amide bonds. The molecule has 2 heteroatoms. The molecule has 1 unspecified atom stereocenters. The first-order valence-electron chi connectivity index (χ1n) is 8.48. The van der Waals surface area contributed by atoms with Crippen molar-refractivity contribution in [2.75, 3.05) is 0 Å². The summed E-state index contributed by atoms with van der Waals surface area (Å²) in [5, 5.41) is 3.19. The van der Waals surface area contributed by atoms with E-state index >= 15 is 0 Å². The van der Waals surface area contributed by atoms with Crippen molar-refractivity contribution in [2.24, 2.45) is 5.92 Å². The summed E-state index contributed by atoms with van der Waals surface area (Å²) in [6.07, 6.45) is 2.14. The lowest BCUT2D eigenvalue weighted by Gasteiger charge is -2.21. The predicted octanol–water partition coefficient (Wildman–Crippen LogP) is 4.76. The average Bonchev–Trinajstić information content (AvgIpc) is 2.55. The van der Waals surface area contributed by atoms with Crippen LogP contribution in [0.5, 0.6) is 0 Å². The van der Waals surface area contributed by atoms with Gasteiger partial charge in [-0.2, -0.15) is 0 Å². The Bertz CT molecular complexity index is 552. The molecule has 0 aliphatic heterocycles. The van der Waals surface area contributed by atoms with Gasteiger partial charge in [-0.15, -0.1) is 0 Å². The molecule has 0 spiro atoms. The fourth-order valence-corrected chi connectivity index (χ4v) is 2.77. The largest absolute Gasteiger partial charge is 0.353 e. The highest BCUT2D eigenvalue weighted by atomic mass is 16.1. The van der Waals surface area contributed by atoms with Gasteiger partial charge in [-0.1, -0.05) is 74.5 Å². The smallest absolute Gasteiger partial charge is 0.232 e. The molecule has 1 N–H and O–H groups in total. The molecule has 0 aromatic heterocycles. The third-order valence-electron chi connectivity index (χ3n) is 4.09. The predicted molar refractivity (Wildman–Crippen MR) is 96.4 cm³/mol. The van der Waals surface area contributed by atoms with E-state index in [-0.39, 0.29) is 17.9 Å². The first kappa shape index (κ1) is 17.3. The van der Waals surface area contributed by atoms with E-state index in [1.165, 1.54) is 0 Å². The molecule has 0 saturated carbocycles. The Labute approximate surface area is 139 Å². The number of hydrogen-bond acceptors (Lipinski definition) is 1. The summed E-state index contributed by atoms with van der Waals surface area (Å²) >= 11 is 0. The second-order valence-electron chi connectivity index (χ2n) is 6.64. The highest BCUT2D eigenvalue weighted by Gasteiger charge is 2.23. The number of benzene rings is 2. The summed E-state index contributed by atoms with van der Waals surface area (Å²) in [6.45, 7) is 6.52. The van der Waals surface area contributed by atoms with Gasteiger partial charge in [0.1, 0.15) is 0 Å². The molecule has 2 aromatic rings. The van der Waals surface area contributed by atoms with Crippen LogP contribution in [0.25, 0.3) is 0 Å². The highest BCUT2D eigenvalue weighted by molar-refractivity contribution is 5.87. The lowest BCUT2D eigenvalue weighted by Crippen LogP contribution is -2.36. The Hall–Kier alpha value is -2.09. The standard InChI is InChI=1S/C21H27NO/c1-16(2)14-15-17(3)22-21(23)20(18-10-6-4-7-11-18)19-12-8-5-9-13-19/h4-13,16-17,20H,14-15H2,1-3H3,(H,22,23). The summed E-state index contributed by atoms with van der Waals surface area (Å²) in [4.78, 5) is 12.9. The summed E-state index contributed by atoms with van der Waals surface area (Å²) in [5.41, 5.74) is 2.07. The van der Waals surface area contributed by atoms with Crippen molar-refractivity contribution in [1.29, 1.82) is 0 Å². The van der Waals surface area contributed by atoms with E-state index in [1.807, 2.05) is 60.7 Å². The van der Waals surface area contributed by atoms with E-state index in [0.717, 1.165) is 24.0 Å². The fraction of sp³-hybridized carbons (Fsp3) is 0.381. The molecule has 122 valence electrons. The Balaban J connectivity index is 2.16. The number of carbonyl (C=O) groups is 1. The van der Waals surface area contributed by atoms with Crippen LogP contribution in [-0.2, 0) is 4.79 Å². The van der Waals surface area contributed by atoms with Crippen LogP contribution >= 0.6 is 0 Å². The quantitative estimate of drug-likeness (QED) is 0.785. The molecule has 2 rings (SSSR count). The number of carbonyl (C=O) groups excluding carboxylic acids is 1. The maximum Gasteiger partial charge on any atom is 0.232 e. The van der Waals surface area contributed by atoms with E-state index < -0.39 is 0 Å². The minimum atomic E-state index is -0.251. The van der Waals surface area contributed by atoms with Crippen molar-refractivity contribution in [3.8, 4) is 0 Å². The number of hydrogen-bond donors (Lipinski definition) is 1. The van der Waals surface area contributed by atoms with E-state index in [2.05, 4.69) is 26.1 Å². The second kappa shape index (κ2) is 8.52. The molecular formula is C21H27NO. The maximum atomic E-state index is 12.9. The Kier molecular flexibility index (Phi) is 6.40. The lowest BCUT2D eigenvalue weighted by molar-refractivity contribution is -0.122. The topological polar surface area (TPSA) is 29.1 Å². The number of rotatable bonds is 7. The first-order chi connectivity index (χ1) is 11.1. The minimum Gasteiger partial charge on any atom is -0.353 e. The van der Waals surface area contributed by atoms with Gasteiger partial charge in [-0.25, -0.2) is 0 Å². The summed E-state index contributed by atoms with van der Waals surface area (Å²) in [7, 11) is 0. The van der Waals surface area contributed by atoms with E-state index in [1.54, 1.807) is 0 Å². The molecule has 23 heavy (non-hydrogen) atoms. The Morgan fingerprint density at radius 1 is 0.826 bits per heavy atom. The Morgan fingerprint density at radius 3 is 1.74 bits per heavy atom. The van der Waals surface area contributed by atoms with Crippen LogP contribution < -0.4 is 5.32 Å². The molecule has 0 aliphatic carbocycles. The summed E-state index contributed by atoms with van der Waals surface area (Å²) in [6, 6.07) is 20.2. The summed E-state index contributed by atoms with van der Waals surface area (Å²) < 4.78 is 0. The van der Waals surface area contributed by atoms with Crippen LogP contribution in [-0.4, -0.2) is 11.9 Å². The van der Waals surface area contributed by atoms with E-state index in [0.29, 0.717) is 5.92 Å². The summed E-state index contributed by atoms with van der Waals surface area (Å²) in [5.74, 6) is 0.492. The molecule has 0 fully saturated rings. The van der Waals surface area contributed by atoms with Crippen molar-refractivity contribution in [2.45, 2.75) is 45.6 Å².